The lowest BCUT2D eigenvalue weighted by atomic mass is 10.1. The predicted octanol–water partition coefficient (Wildman–Crippen LogP) is -0.826. The first kappa shape index (κ1) is 15.9. The van der Waals surface area contributed by atoms with E-state index in [0.717, 1.165) is 0 Å². The molecule has 1 N–H and O–H groups in total. The largest absolute Gasteiger partial charge is 0.478 e. The summed E-state index contributed by atoms with van der Waals surface area (Å²) in [6.07, 6.45) is 2.32. The minimum atomic E-state index is -3.36. The molecule has 1 fully saturated rings. The van der Waals surface area contributed by atoms with Crippen LogP contribution in [-0.2, 0) is 10.0 Å². The fraction of sp³-hybridized carbons (Fsp3) is 0.667. The third-order valence-electron chi connectivity index (χ3n) is 3.53. The first-order valence-corrected chi connectivity index (χ1v) is 8.14. The van der Waals surface area contributed by atoms with Crippen molar-refractivity contribution in [3.8, 4) is 5.88 Å². The maximum absolute atomic E-state index is 11.9. The number of hydrogen-bond acceptors (Lipinski definition) is 7. The van der Waals surface area contributed by atoms with E-state index < -0.39 is 16.1 Å². The number of sulfonamides is 1. The smallest absolute Gasteiger partial charge is 0.257 e. The highest BCUT2D eigenvalue weighted by Crippen LogP contribution is 2.29. The Balaban J connectivity index is 2.14. The van der Waals surface area contributed by atoms with Crippen molar-refractivity contribution in [2.75, 3.05) is 44.9 Å². The topological polar surface area (TPSA) is 95.9 Å². The van der Waals surface area contributed by atoms with Gasteiger partial charge in [0.1, 0.15) is 0 Å². The molecule has 0 spiro atoms. The van der Waals surface area contributed by atoms with Crippen LogP contribution in [0.4, 0.5) is 5.82 Å². The third-order valence-corrected chi connectivity index (χ3v) is 5.49. The summed E-state index contributed by atoms with van der Waals surface area (Å²) in [5.74, 6) is 0.411. The van der Waals surface area contributed by atoms with Crippen LogP contribution < -0.4 is 9.64 Å². The zero-order valence-corrected chi connectivity index (χ0v) is 13.1. The number of anilines is 1. The molecule has 0 unspecified atom stereocenters. The van der Waals surface area contributed by atoms with E-state index in [1.54, 1.807) is 4.90 Å². The van der Waals surface area contributed by atoms with E-state index in [0.29, 0.717) is 24.8 Å². The predicted molar refractivity (Wildman–Crippen MR) is 77.8 cm³/mol. The quantitative estimate of drug-likeness (QED) is 0.757. The third kappa shape index (κ3) is 3.42. The Morgan fingerprint density at radius 3 is 2.67 bits per heavy atom. The molecule has 0 saturated carbocycles. The Bertz CT molecular complexity index is 593. The summed E-state index contributed by atoms with van der Waals surface area (Å²) in [6.45, 7) is 0.700. The van der Waals surface area contributed by atoms with E-state index in [2.05, 4.69) is 9.97 Å². The van der Waals surface area contributed by atoms with E-state index in [9.17, 15) is 13.5 Å². The molecule has 21 heavy (non-hydrogen) atoms. The fourth-order valence-corrected chi connectivity index (χ4v) is 3.46. The van der Waals surface area contributed by atoms with Crippen LogP contribution in [0.5, 0.6) is 5.88 Å². The van der Waals surface area contributed by atoms with Crippen molar-refractivity contribution >= 4 is 15.8 Å². The van der Waals surface area contributed by atoms with Crippen LogP contribution >= 0.6 is 0 Å². The Hall–Kier alpha value is -1.45. The van der Waals surface area contributed by atoms with Gasteiger partial charge in [-0.25, -0.2) is 22.7 Å². The molecule has 2 rings (SSSR count). The van der Waals surface area contributed by atoms with Crippen molar-refractivity contribution in [3.05, 3.63) is 12.4 Å². The maximum atomic E-state index is 11.9. The van der Waals surface area contributed by atoms with Crippen LogP contribution in [0.2, 0.25) is 0 Å². The number of ether oxygens (including phenoxy) is 1. The first-order valence-electron chi connectivity index (χ1n) is 6.53. The van der Waals surface area contributed by atoms with Gasteiger partial charge in [0.25, 0.3) is 5.88 Å². The number of aliphatic hydroxyl groups excluding tert-OH is 1. The lowest BCUT2D eigenvalue weighted by molar-refractivity contribution is 0.157. The summed E-state index contributed by atoms with van der Waals surface area (Å²) in [4.78, 5) is 10.1. The summed E-state index contributed by atoms with van der Waals surface area (Å²) in [7, 11) is 1.11. The number of aliphatic hydroxyl groups is 1. The lowest BCUT2D eigenvalue weighted by Gasteiger charge is -2.19. The zero-order valence-electron chi connectivity index (χ0n) is 12.3. The van der Waals surface area contributed by atoms with Crippen LogP contribution in [-0.4, -0.2) is 73.9 Å². The van der Waals surface area contributed by atoms with Crippen molar-refractivity contribution in [2.45, 2.75) is 6.10 Å². The van der Waals surface area contributed by atoms with Gasteiger partial charge < -0.3 is 14.7 Å². The van der Waals surface area contributed by atoms with Crippen molar-refractivity contribution in [2.24, 2.45) is 5.92 Å². The Labute approximate surface area is 124 Å². The van der Waals surface area contributed by atoms with Gasteiger partial charge in [0.15, 0.2) is 5.82 Å². The minimum Gasteiger partial charge on any atom is -0.478 e. The van der Waals surface area contributed by atoms with Crippen LogP contribution in [0.1, 0.15) is 0 Å². The number of hydrogen-bond donors (Lipinski definition) is 1. The van der Waals surface area contributed by atoms with Gasteiger partial charge in [-0.3, -0.25) is 0 Å². The van der Waals surface area contributed by atoms with Crippen LogP contribution in [0.3, 0.4) is 0 Å². The zero-order chi connectivity index (χ0) is 15.6. The van der Waals surface area contributed by atoms with E-state index in [1.165, 1.54) is 37.9 Å². The first-order chi connectivity index (χ1) is 9.85. The summed E-state index contributed by atoms with van der Waals surface area (Å²) < 4.78 is 30.2. The number of rotatable bonds is 5. The van der Waals surface area contributed by atoms with E-state index in [1.807, 2.05) is 0 Å². The lowest BCUT2D eigenvalue weighted by Crippen LogP contribution is -2.33. The summed E-state index contributed by atoms with van der Waals surface area (Å²) in [5, 5.41) is 10.1. The molecule has 8 nitrogen and oxygen atoms in total. The molecular weight excluding hydrogens is 296 g/mol. The summed E-state index contributed by atoms with van der Waals surface area (Å²) >= 11 is 0. The molecule has 9 heteroatoms. The molecule has 0 amide bonds. The molecule has 2 heterocycles. The average Bonchev–Trinajstić information content (AvgIpc) is 2.79. The van der Waals surface area contributed by atoms with Gasteiger partial charge in [0.05, 0.1) is 19.0 Å². The summed E-state index contributed by atoms with van der Waals surface area (Å²) in [6, 6.07) is 0. The second kappa shape index (κ2) is 6.12. The average molecular weight is 316 g/mol. The molecule has 1 aliphatic rings. The number of nitrogens with zero attached hydrogens (tertiary/aromatic N) is 4. The van der Waals surface area contributed by atoms with Gasteiger partial charge in [-0.05, 0) is 0 Å². The minimum absolute atomic E-state index is 0.0970. The SMILES string of the molecule is COc1nccnc1N1C[C@@H](CS(=O)(=O)N(C)C)[C@@H](O)C1. The maximum Gasteiger partial charge on any atom is 0.257 e. The van der Waals surface area contributed by atoms with E-state index in [-0.39, 0.29) is 11.7 Å². The molecule has 0 aliphatic carbocycles. The molecule has 0 radical (unpaired) electrons. The van der Waals surface area contributed by atoms with Gasteiger partial charge in [-0.1, -0.05) is 0 Å². The molecular formula is C12H20N4O4S. The van der Waals surface area contributed by atoms with Gasteiger partial charge in [0, 0.05) is 45.5 Å². The number of aromatic nitrogens is 2. The van der Waals surface area contributed by atoms with Crippen LogP contribution in [0.15, 0.2) is 12.4 Å². The fourth-order valence-electron chi connectivity index (χ4n) is 2.29. The van der Waals surface area contributed by atoms with E-state index in [4.69, 9.17) is 4.74 Å². The molecule has 1 aromatic rings. The standard InChI is InChI=1S/C12H20N4O4S/c1-15(2)21(18,19)8-9-6-16(7-10(9)17)11-12(20-3)14-5-4-13-11/h4-5,9-10,17H,6-8H2,1-3H3/t9-,10-/m0/s1. The summed E-state index contributed by atoms with van der Waals surface area (Å²) in [5.41, 5.74) is 0. The number of methoxy groups -OCH3 is 1. The Morgan fingerprint density at radius 1 is 1.38 bits per heavy atom. The highest BCUT2D eigenvalue weighted by molar-refractivity contribution is 7.89. The second-order valence-electron chi connectivity index (χ2n) is 5.18. The normalized spacial score (nSPS) is 22.8. The van der Waals surface area contributed by atoms with Crippen LogP contribution in [0.25, 0.3) is 0 Å². The number of β-amino-alcohol motifs (C(OH)–C–C–N with tert-alkyl or cyclic N) is 1. The van der Waals surface area contributed by atoms with Crippen LogP contribution in [0, 0.1) is 5.92 Å². The van der Waals surface area contributed by atoms with Crippen molar-refractivity contribution in [1.82, 2.24) is 14.3 Å². The Kier molecular flexibility index (Phi) is 4.64. The highest BCUT2D eigenvalue weighted by atomic mass is 32.2. The molecule has 1 aromatic heterocycles. The van der Waals surface area contributed by atoms with Gasteiger partial charge in [0.2, 0.25) is 10.0 Å². The molecule has 0 bridgehead atoms. The second-order valence-corrected chi connectivity index (χ2v) is 7.41. The van der Waals surface area contributed by atoms with Crippen molar-refractivity contribution in [3.63, 3.8) is 0 Å². The highest BCUT2D eigenvalue weighted by Gasteiger charge is 2.37. The van der Waals surface area contributed by atoms with E-state index >= 15 is 0 Å². The molecule has 1 saturated heterocycles. The van der Waals surface area contributed by atoms with Gasteiger partial charge in [-0.15, -0.1) is 0 Å². The van der Waals surface area contributed by atoms with Gasteiger partial charge in [-0.2, -0.15) is 0 Å². The molecule has 2 atom stereocenters. The Morgan fingerprint density at radius 2 is 2.05 bits per heavy atom. The molecule has 1 aliphatic heterocycles. The van der Waals surface area contributed by atoms with Gasteiger partial charge >= 0.3 is 0 Å². The molecule has 118 valence electrons. The molecule has 0 aromatic carbocycles. The van der Waals surface area contributed by atoms with Crippen molar-refractivity contribution in [1.29, 1.82) is 0 Å². The monoisotopic (exact) mass is 316 g/mol. The van der Waals surface area contributed by atoms with Crippen molar-refractivity contribution < 1.29 is 18.3 Å².